The van der Waals surface area contributed by atoms with Gasteiger partial charge in [-0.2, -0.15) is 0 Å². The first-order chi connectivity index (χ1) is 9.62. The number of benzene rings is 1. The molecule has 2 N–H and O–H groups in total. The van der Waals surface area contributed by atoms with E-state index in [4.69, 9.17) is 10.5 Å². The number of carbonyl (C=O) groups is 1. The van der Waals surface area contributed by atoms with Crippen molar-refractivity contribution in [2.24, 2.45) is 11.7 Å². The lowest BCUT2D eigenvalue weighted by Crippen LogP contribution is -2.11. The van der Waals surface area contributed by atoms with Gasteiger partial charge in [0, 0.05) is 6.42 Å². The molecule has 20 heavy (non-hydrogen) atoms. The normalized spacial score (nSPS) is 12.2. The fraction of sp³-hybridized carbons (Fsp3) is 0.562. The summed E-state index contributed by atoms with van der Waals surface area (Å²) in [6.45, 7) is 2.77. The topological polar surface area (TPSA) is 52.3 Å². The van der Waals surface area contributed by atoms with E-state index in [9.17, 15) is 9.18 Å². The SMILES string of the molecule is CCCC(CCN)CCC(=O)c1cc(F)ccc1OC. The van der Waals surface area contributed by atoms with Gasteiger partial charge < -0.3 is 10.5 Å². The third-order valence-corrected chi connectivity index (χ3v) is 3.51. The molecule has 0 aliphatic carbocycles. The molecule has 0 aliphatic rings. The molecule has 1 atom stereocenters. The number of hydrogen-bond acceptors (Lipinski definition) is 3. The summed E-state index contributed by atoms with van der Waals surface area (Å²) in [5.41, 5.74) is 5.92. The summed E-state index contributed by atoms with van der Waals surface area (Å²) in [6, 6.07) is 4.04. The monoisotopic (exact) mass is 281 g/mol. The molecular weight excluding hydrogens is 257 g/mol. The average Bonchev–Trinajstić information content (AvgIpc) is 2.45. The second kappa shape index (κ2) is 8.69. The zero-order valence-corrected chi connectivity index (χ0v) is 12.3. The first-order valence-corrected chi connectivity index (χ1v) is 7.19. The maximum atomic E-state index is 13.3. The van der Waals surface area contributed by atoms with Crippen LogP contribution in [0.3, 0.4) is 0 Å². The summed E-state index contributed by atoms with van der Waals surface area (Å²) in [4.78, 5) is 12.2. The molecule has 1 rings (SSSR count). The lowest BCUT2D eigenvalue weighted by molar-refractivity contribution is 0.0968. The van der Waals surface area contributed by atoms with E-state index in [1.54, 1.807) is 0 Å². The van der Waals surface area contributed by atoms with Crippen molar-refractivity contribution in [1.82, 2.24) is 0 Å². The molecule has 1 aromatic carbocycles. The number of methoxy groups -OCH3 is 1. The van der Waals surface area contributed by atoms with Gasteiger partial charge in [0.05, 0.1) is 12.7 Å². The van der Waals surface area contributed by atoms with Crippen LogP contribution in [-0.4, -0.2) is 19.4 Å². The Labute approximate surface area is 120 Å². The highest BCUT2D eigenvalue weighted by molar-refractivity contribution is 5.98. The Bertz CT molecular complexity index is 428. The van der Waals surface area contributed by atoms with Crippen LogP contribution in [-0.2, 0) is 0 Å². The zero-order valence-electron chi connectivity index (χ0n) is 12.3. The summed E-state index contributed by atoms with van der Waals surface area (Å²) >= 11 is 0. The molecule has 0 heterocycles. The Kier molecular flexibility index (Phi) is 7.23. The van der Waals surface area contributed by atoms with Crippen LogP contribution in [0, 0.1) is 11.7 Å². The van der Waals surface area contributed by atoms with Crippen molar-refractivity contribution in [2.75, 3.05) is 13.7 Å². The zero-order chi connectivity index (χ0) is 15.0. The average molecular weight is 281 g/mol. The standard InChI is InChI=1S/C16H24FNO2/c1-3-4-12(9-10-18)5-7-15(19)14-11-13(17)6-8-16(14)20-2/h6,8,11-12H,3-5,7,9-10,18H2,1-2H3. The number of ether oxygens (including phenoxy) is 1. The van der Waals surface area contributed by atoms with Gasteiger partial charge >= 0.3 is 0 Å². The fourth-order valence-corrected chi connectivity index (χ4v) is 2.44. The Morgan fingerprint density at radius 2 is 2.10 bits per heavy atom. The van der Waals surface area contributed by atoms with Crippen LogP contribution in [0.2, 0.25) is 0 Å². The molecule has 0 saturated heterocycles. The minimum Gasteiger partial charge on any atom is -0.496 e. The summed E-state index contributed by atoms with van der Waals surface area (Å²) in [7, 11) is 1.48. The van der Waals surface area contributed by atoms with E-state index < -0.39 is 5.82 Å². The van der Waals surface area contributed by atoms with Crippen LogP contribution >= 0.6 is 0 Å². The maximum Gasteiger partial charge on any atom is 0.166 e. The number of halogens is 1. The molecule has 1 unspecified atom stereocenters. The van der Waals surface area contributed by atoms with Crippen LogP contribution in [0.5, 0.6) is 5.75 Å². The quantitative estimate of drug-likeness (QED) is 0.704. The molecule has 0 aliphatic heterocycles. The molecule has 0 radical (unpaired) electrons. The van der Waals surface area contributed by atoms with Crippen molar-refractivity contribution in [2.45, 2.75) is 39.0 Å². The predicted octanol–water partition coefficient (Wildman–Crippen LogP) is 3.56. The number of ketones is 1. The van der Waals surface area contributed by atoms with Gasteiger partial charge in [-0.15, -0.1) is 0 Å². The van der Waals surface area contributed by atoms with Gasteiger partial charge in [-0.3, -0.25) is 4.79 Å². The second-order valence-electron chi connectivity index (χ2n) is 5.04. The van der Waals surface area contributed by atoms with E-state index >= 15 is 0 Å². The molecule has 0 spiro atoms. The Hall–Kier alpha value is -1.42. The van der Waals surface area contributed by atoms with Crippen LogP contribution < -0.4 is 10.5 Å². The van der Waals surface area contributed by atoms with Gasteiger partial charge in [0.1, 0.15) is 11.6 Å². The van der Waals surface area contributed by atoms with Gasteiger partial charge in [0.2, 0.25) is 0 Å². The number of hydrogen-bond donors (Lipinski definition) is 1. The fourth-order valence-electron chi connectivity index (χ4n) is 2.44. The van der Waals surface area contributed by atoms with Crippen molar-refractivity contribution in [3.05, 3.63) is 29.6 Å². The Morgan fingerprint density at radius 1 is 1.35 bits per heavy atom. The molecule has 112 valence electrons. The van der Waals surface area contributed by atoms with Crippen molar-refractivity contribution >= 4 is 5.78 Å². The van der Waals surface area contributed by atoms with Crippen LogP contribution in [0.25, 0.3) is 0 Å². The molecule has 3 nitrogen and oxygen atoms in total. The molecule has 0 aromatic heterocycles. The first-order valence-electron chi connectivity index (χ1n) is 7.19. The lowest BCUT2D eigenvalue weighted by atomic mass is 9.92. The molecule has 0 amide bonds. The van der Waals surface area contributed by atoms with Crippen LogP contribution in [0.4, 0.5) is 4.39 Å². The van der Waals surface area contributed by atoms with E-state index in [1.165, 1.54) is 25.3 Å². The number of carbonyl (C=O) groups excluding carboxylic acids is 1. The highest BCUT2D eigenvalue weighted by Crippen LogP contribution is 2.24. The van der Waals surface area contributed by atoms with E-state index in [2.05, 4.69) is 6.92 Å². The van der Waals surface area contributed by atoms with Gasteiger partial charge in [0.25, 0.3) is 0 Å². The smallest absolute Gasteiger partial charge is 0.166 e. The van der Waals surface area contributed by atoms with Gasteiger partial charge in [-0.05, 0) is 43.5 Å². The van der Waals surface area contributed by atoms with Crippen molar-refractivity contribution < 1.29 is 13.9 Å². The molecule has 0 bridgehead atoms. The highest BCUT2D eigenvalue weighted by Gasteiger charge is 2.15. The summed E-state index contributed by atoms with van der Waals surface area (Å²) in [6.07, 6.45) is 4.29. The molecule has 4 heteroatoms. The summed E-state index contributed by atoms with van der Waals surface area (Å²) in [5.74, 6) is 0.413. The van der Waals surface area contributed by atoms with Crippen molar-refractivity contribution in [3.63, 3.8) is 0 Å². The number of nitrogens with two attached hydrogens (primary N) is 1. The summed E-state index contributed by atoms with van der Waals surface area (Å²) < 4.78 is 18.4. The molecule has 0 saturated carbocycles. The molecule has 1 aromatic rings. The van der Waals surface area contributed by atoms with Gasteiger partial charge in [0.15, 0.2) is 5.78 Å². The third-order valence-electron chi connectivity index (χ3n) is 3.51. The number of rotatable bonds is 9. The maximum absolute atomic E-state index is 13.3. The third kappa shape index (κ3) is 4.93. The summed E-state index contributed by atoms with van der Waals surface area (Å²) in [5, 5.41) is 0. The predicted molar refractivity (Wildman–Crippen MR) is 78.6 cm³/mol. The van der Waals surface area contributed by atoms with Crippen LogP contribution in [0.1, 0.15) is 49.4 Å². The van der Waals surface area contributed by atoms with Crippen molar-refractivity contribution in [3.8, 4) is 5.75 Å². The highest BCUT2D eigenvalue weighted by atomic mass is 19.1. The Morgan fingerprint density at radius 3 is 2.70 bits per heavy atom. The van der Waals surface area contributed by atoms with Gasteiger partial charge in [-0.25, -0.2) is 4.39 Å². The minimum atomic E-state index is -0.416. The number of Topliss-reactive ketones (excluding diaryl/α,β-unsaturated/α-hetero) is 1. The van der Waals surface area contributed by atoms with Gasteiger partial charge in [-0.1, -0.05) is 19.8 Å². The minimum absolute atomic E-state index is 0.0699. The van der Waals surface area contributed by atoms with Crippen LogP contribution in [0.15, 0.2) is 18.2 Å². The largest absolute Gasteiger partial charge is 0.496 e. The lowest BCUT2D eigenvalue weighted by Gasteiger charge is -2.15. The Balaban J connectivity index is 2.68. The molecule has 0 fully saturated rings. The van der Waals surface area contributed by atoms with Crippen molar-refractivity contribution in [1.29, 1.82) is 0 Å². The van der Waals surface area contributed by atoms with E-state index in [0.29, 0.717) is 30.2 Å². The molecular formula is C16H24FNO2. The first kappa shape index (κ1) is 16.6. The van der Waals surface area contributed by atoms with E-state index in [1.807, 2.05) is 0 Å². The van der Waals surface area contributed by atoms with E-state index in [-0.39, 0.29) is 5.78 Å². The van der Waals surface area contributed by atoms with E-state index in [0.717, 1.165) is 25.7 Å². The second-order valence-corrected chi connectivity index (χ2v) is 5.04.